The largest absolute Gasteiger partial charge is 0.349 e. The summed E-state index contributed by atoms with van der Waals surface area (Å²) in [7, 11) is 0. The Kier molecular flexibility index (Phi) is 6.51. The number of halogens is 3. The number of anilines is 2. The second-order valence-corrected chi connectivity index (χ2v) is 11.4. The second-order valence-electron chi connectivity index (χ2n) is 10.2. The number of aromatic nitrogens is 3. The first-order chi connectivity index (χ1) is 18.4. The molecular formula is C26H25ClF2N6O2S. The number of benzene rings is 1. The van der Waals surface area contributed by atoms with Gasteiger partial charge in [-0.2, -0.15) is 4.37 Å². The van der Waals surface area contributed by atoms with Gasteiger partial charge in [-0.05, 0) is 49.3 Å². The molecule has 198 valence electrons. The summed E-state index contributed by atoms with van der Waals surface area (Å²) in [6.45, 7) is 1.80. The Balaban J connectivity index is 1.09. The molecule has 6 rings (SSSR count). The molecule has 2 fully saturated rings. The van der Waals surface area contributed by atoms with E-state index in [2.05, 4.69) is 30.6 Å². The van der Waals surface area contributed by atoms with Crippen molar-refractivity contribution >= 4 is 45.8 Å². The summed E-state index contributed by atoms with van der Waals surface area (Å²) >= 11 is 7.23. The van der Waals surface area contributed by atoms with Gasteiger partial charge >= 0.3 is 0 Å². The van der Waals surface area contributed by atoms with Crippen LogP contribution in [0.2, 0.25) is 5.02 Å². The van der Waals surface area contributed by atoms with Crippen molar-refractivity contribution in [3.63, 3.8) is 0 Å². The summed E-state index contributed by atoms with van der Waals surface area (Å²) in [5.41, 5.74) is 0.721. The monoisotopic (exact) mass is 558 g/mol. The zero-order valence-corrected chi connectivity index (χ0v) is 21.9. The molecule has 2 aromatic heterocycles. The highest BCUT2D eigenvalue weighted by Gasteiger charge is 2.58. The molecule has 0 atom stereocenters. The third-order valence-electron chi connectivity index (χ3n) is 7.87. The molecule has 3 aromatic rings. The maximum atomic E-state index is 13.8. The van der Waals surface area contributed by atoms with Gasteiger partial charge in [-0.25, -0.2) is 13.8 Å². The highest BCUT2D eigenvalue weighted by Crippen LogP contribution is 2.49. The highest BCUT2D eigenvalue weighted by molar-refractivity contribution is 7.09. The van der Waals surface area contributed by atoms with Crippen LogP contribution >= 0.6 is 23.1 Å². The van der Waals surface area contributed by atoms with Crippen molar-refractivity contribution < 1.29 is 18.4 Å². The molecule has 12 heteroatoms. The first-order valence-corrected chi connectivity index (χ1v) is 13.7. The summed E-state index contributed by atoms with van der Waals surface area (Å²) in [5, 5.41) is 3.84. The molecule has 3 aliphatic rings. The number of nitrogens with zero attached hydrogens (tertiary/aromatic N) is 5. The fraction of sp³-hybridized carbons (Fsp3) is 0.423. The Morgan fingerprint density at radius 2 is 1.95 bits per heavy atom. The van der Waals surface area contributed by atoms with Crippen LogP contribution in [0.1, 0.15) is 53.7 Å². The van der Waals surface area contributed by atoms with Gasteiger partial charge in [0.15, 0.2) is 0 Å². The molecule has 0 bridgehead atoms. The molecule has 8 nitrogen and oxygen atoms in total. The van der Waals surface area contributed by atoms with E-state index in [0.29, 0.717) is 32.5 Å². The number of rotatable bonds is 6. The molecule has 1 saturated heterocycles. The van der Waals surface area contributed by atoms with Crippen LogP contribution in [0.3, 0.4) is 0 Å². The van der Waals surface area contributed by atoms with Gasteiger partial charge in [0.2, 0.25) is 11.0 Å². The molecule has 1 spiro atoms. The first kappa shape index (κ1) is 25.1. The van der Waals surface area contributed by atoms with Crippen molar-refractivity contribution in [2.45, 2.75) is 43.6 Å². The van der Waals surface area contributed by atoms with Crippen LogP contribution < -0.4 is 15.1 Å². The lowest BCUT2D eigenvalue weighted by Crippen LogP contribution is -2.64. The van der Waals surface area contributed by atoms with E-state index in [1.807, 2.05) is 23.1 Å². The normalized spacial score (nSPS) is 22.1. The van der Waals surface area contributed by atoms with Crippen LogP contribution in [0.15, 0.2) is 42.9 Å². The van der Waals surface area contributed by atoms with Crippen LogP contribution in [0.25, 0.3) is 0 Å². The van der Waals surface area contributed by atoms with Crippen molar-refractivity contribution in [3.05, 3.63) is 64.7 Å². The minimum absolute atomic E-state index is 0.128. The Bertz CT molecular complexity index is 1360. The van der Waals surface area contributed by atoms with Crippen LogP contribution in [0, 0.1) is 5.92 Å². The summed E-state index contributed by atoms with van der Waals surface area (Å²) < 4.78 is 30.7. The zero-order chi connectivity index (χ0) is 26.4. The Morgan fingerprint density at radius 1 is 1.18 bits per heavy atom. The van der Waals surface area contributed by atoms with Gasteiger partial charge in [0.25, 0.3) is 12.3 Å². The van der Waals surface area contributed by atoms with Crippen LogP contribution in [-0.4, -0.2) is 51.8 Å². The van der Waals surface area contributed by atoms with Gasteiger partial charge in [-0.3, -0.25) is 14.6 Å². The lowest BCUT2D eigenvalue weighted by molar-refractivity contribution is -0.124. The highest BCUT2D eigenvalue weighted by atomic mass is 35.5. The van der Waals surface area contributed by atoms with E-state index < -0.39 is 23.4 Å². The lowest BCUT2D eigenvalue weighted by Gasteiger charge is -2.46. The molecule has 2 aliphatic heterocycles. The topological polar surface area (TPSA) is 91.3 Å². The molecule has 0 radical (unpaired) electrons. The predicted octanol–water partition coefficient (Wildman–Crippen LogP) is 4.62. The third-order valence-corrected chi connectivity index (χ3v) is 8.80. The molecule has 38 heavy (non-hydrogen) atoms. The fourth-order valence-corrected chi connectivity index (χ4v) is 6.63. The molecule has 2 amide bonds. The zero-order valence-electron chi connectivity index (χ0n) is 20.3. The van der Waals surface area contributed by atoms with E-state index in [1.54, 1.807) is 0 Å². The standard InChI is InChI=1S/C26H25ClF2N6O2S/c27-16-9-18(21(22(28)29)30-10-16)23(36)33-17-7-5-15(6-8-17)11-35-20-4-2-1-3-19(20)26(24(35)37)12-34(13-26)25-31-14-32-38-25/h1-4,9-10,14-15,17,22H,5-8,11-13H2,(H,33,36). The van der Waals surface area contributed by atoms with Crippen molar-refractivity contribution in [2.75, 3.05) is 29.4 Å². The van der Waals surface area contributed by atoms with Crippen LogP contribution in [0.5, 0.6) is 0 Å². The molecule has 1 N–H and O–H groups in total. The van der Waals surface area contributed by atoms with Gasteiger partial charge in [0.1, 0.15) is 17.4 Å². The van der Waals surface area contributed by atoms with Crippen molar-refractivity contribution in [3.8, 4) is 0 Å². The summed E-state index contributed by atoms with van der Waals surface area (Å²) in [5.74, 6) is -0.184. The minimum Gasteiger partial charge on any atom is -0.349 e. The molecule has 1 aromatic carbocycles. The van der Waals surface area contributed by atoms with Gasteiger partial charge in [0, 0.05) is 49.1 Å². The molecular weight excluding hydrogens is 534 g/mol. The Hall–Kier alpha value is -3.18. The van der Waals surface area contributed by atoms with Gasteiger partial charge in [-0.15, -0.1) is 0 Å². The number of hydrogen-bond acceptors (Lipinski definition) is 7. The van der Waals surface area contributed by atoms with E-state index >= 15 is 0 Å². The lowest BCUT2D eigenvalue weighted by atomic mass is 9.75. The summed E-state index contributed by atoms with van der Waals surface area (Å²) in [6.07, 6.45) is 2.82. The van der Waals surface area contributed by atoms with Gasteiger partial charge in [-0.1, -0.05) is 29.8 Å². The number of carbonyl (C=O) groups excluding carboxylic acids is 2. The molecule has 1 aliphatic carbocycles. The van der Waals surface area contributed by atoms with Crippen LogP contribution in [0.4, 0.5) is 19.6 Å². The smallest absolute Gasteiger partial charge is 0.281 e. The number of hydrogen-bond donors (Lipinski definition) is 1. The molecule has 1 saturated carbocycles. The van der Waals surface area contributed by atoms with E-state index in [-0.39, 0.29) is 28.5 Å². The number of pyridine rings is 1. The van der Waals surface area contributed by atoms with Gasteiger partial charge < -0.3 is 15.1 Å². The fourth-order valence-electron chi connectivity index (χ4n) is 5.95. The number of nitrogens with one attached hydrogen (secondary N) is 1. The minimum atomic E-state index is -2.87. The number of fused-ring (bicyclic) bond motifs is 2. The van der Waals surface area contributed by atoms with E-state index in [0.717, 1.165) is 35.4 Å². The van der Waals surface area contributed by atoms with E-state index in [4.69, 9.17) is 11.6 Å². The van der Waals surface area contributed by atoms with Crippen molar-refractivity contribution in [1.82, 2.24) is 19.7 Å². The second kappa shape index (κ2) is 9.85. The predicted molar refractivity (Wildman–Crippen MR) is 140 cm³/mol. The van der Waals surface area contributed by atoms with Crippen molar-refractivity contribution in [2.24, 2.45) is 5.92 Å². The summed E-state index contributed by atoms with van der Waals surface area (Å²) in [4.78, 5) is 38.5. The quantitative estimate of drug-likeness (QED) is 0.475. The average Bonchev–Trinajstić information content (AvgIpc) is 3.49. The summed E-state index contributed by atoms with van der Waals surface area (Å²) in [6, 6.07) is 9.10. The number of amides is 2. The van der Waals surface area contributed by atoms with E-state index in [1.165, 1.54) is 23.9 Å². The first-order valence-electron chi connectivity index (χ1n) is 12.5. The number of para-hydroxylation sites is 1. The van der Waals surface area contributed by atoms with E-state index in [9.17, 15) is 18.4 Å². The van der Waals surface area contributed by atoms with Crippen molar-refractivity contribution in [1.29, 1.82) is 0 Å². The average molecular weight is 559 g/mol. The third kappa shape index (κ3) is 4.31. The Labute approximate surface area is 227 Å². The molecule has 0 unspecified atom stereocenters. The SMILES string of the molecule is O=C(NC1CCC(CN2C(=O)C3(CN(c4ncns4)C3)c3ccccc32)CC1)c1cc(Cl)cnc1C(F)F. The van der Waals surface area contributed by atoms with Gasteiger partial charge in [0.05, 0.1) is 10.6 Å². The Morgan fingerprint density at radius 3 is 2.66 bits per heavy atom. The number of alkyl halides is 2. The molecule has 4 heterocycles. The number of carbonyl (C=O) groups is 2. The van der Waals surface area contributed by atoms with Crippen LogP contribution in [-0.2, 0) is 10.2 Å². The maximum absolute atomic E-state index is 13.8. The maximum Gasteiger partial charge on any atom is 0.281 e.